The molecule has 1 aliphatic carbocycles. The van der Waals surface area contributed by atoms with E-state index in [1.807, 2.05) is 47.5 Å². The summed E-state index contributed by atoms with van der Waals surface area (Å²) in [6, 6.07) is 14.9. The molecule has 3 fully saturated rings. The molecule has 1 saturated carbocycles. The summed E-state index contributed by atoms with van der Waals surface area (Å²) in [5, 5.41) is 1.08. The van der Waals surface area contributed by atoms with Gasteiger partial charge in [-0.05, 0) is 74.0 Å². The first-order valence-corrected chi connectivity index (χ1v) is 12.5. The lowest BCUT2D eigenvalue weighted by Crippen LogP contribution is -2.37. The smallest absolute Gasteiger partial charge is 0.255 e. The lowest BCUT2D eigenvalue weighted by Gasteiger charge is -2.33. The van der Waals surface area contributed by atoms with Crippen LogP contribution in [0, 0.1) is 11.7 Å². The van der Waals surface area contributed by atoms with Gasteiger partial charge in [0.15, 0.2) is 0 Å². The molecule has 0 bridgehead atoms. The summed E-state index contributed by atoms with van der Waals surface area (Å²) in [4.78, 5) is 20.9. The van der Waals surface area contributed by atoms with Gasteiger partial charge >= 0.3 is 0 Å². The molecule has 0 radical (unpaired) electrons. The first-order valence-electron chi connectivity index (χ1n) is 12.5. The van der Waals surface area contributed by atoms with Crippen molar-refractivity contribution in [3.8, 4) is 0 Å². The Hall–Kier alpha value is -2.66. The summed E-state index contributed by atoms with van der Waals surface area (Å²) in [6.07, 6.45) is 9.71. The highest BCUT2D eigenvalue weighted by molar-refractivity contribution is 6.05. The Morgan fingerprint density at radius 2 is 1.70 bits per heavy atom. The first-order chi connectivity index (χ1) is 16.2. The Labute approximate surface area is 195 Å². The molecule has 5 heteroatoms. The van der Waals surface area contributed by atoms with Gasteiger partial charge in [-0.3, -0.25) is 4.79 Å². The monoisotopic (exact) mass is 447 g/mol. The van der Waals surface area contributed by atoms with Gasteiger partial charge in [-0.1, -0.05) is 43.5 Å². The van der Waals surface area contributed by atoms with Crippen LogP contribution in [0.3, 0.4) is 0 Å². The van der Waals surface area contributed by atoms with Gasteiger partial charge in [0.25, 0.3) is 5.91 Å². The number of aromatic amines is 1. The number of benzene rings is 2. The first kappa shape index (κ1) is 22.1. The number of carbonyl (C=O) groups excluding carboxylic acids is 1. The van der Waals surface area contributed by atoms with Gasteiger partial charge in [-0.15, -0.1) is 0 Å². The number of carbonyl (C=O) groups is 1. The molecule has 1 aromatic heterocycles. The summed E-state index contributed by atoms with van der Waals surface area (Å²) < 4.78 is 13.2. The maximum absolute atomic E-state index is 13.2. The highest BCUT2D eigenvalue weighted by atomic mass is 19.1. The number of nitrogens with one attached hydrogen (secondary N) is 1. The standard InChI is InChI=1S/C25H28FN3O.C3H6/c26-22-6-4-19(5-7-22)20-10-13-28(14-11-20)16-18-9-15-29(17-18)25(30)23-3-1-2-21-8-12-27-24(21)23;1-2-3-1/h1-8,12,18,20,27H,9-11,13-17H2;1-3H2. The van der Waals surface area contributed by atoms with Crippen LogP contribution in [-0.2, 0) is 0 Å². The van der Waals surface area contributed by atoms with Crippen molar-refractivity contribution in [1.82, 2.24) is 14.8 Å². The van der Waals surface area contributed by atoms with Crippen molar-refractivity contribution >= 4 is 16.8 Å². The van der Waals surface area contributed by atoms with Gasteiger partial charge in [0.2, 0.25) is 0 Å². The number of para-hydroxylation sites is 1. The van der Waals surface area contributed by atoms with Gasteiger partial charge in [0.05, 0.1) is 11.1 Å². The van der Waals surface area contributed by atoms with E-state index in [9.17, 15) is 9.18 Å². The Kier molecular flexibility index (Phi) is 6.77. The third-order valence-corrected chi connectivity index (χ3v) is 7.19. The van der Waals surface area contributed by atoms with Crippen LogP contribution in [0.4, 0.5) is 4.39 Å². The number of fused-ring (bicyclic) bond motifs is 1. The molecule has 3 aromatic rings. The molecule has 1 N–H and O–H groups in total. The van der Waals surface area contributed by atoms with E-state index in [2.05, 4.69) is 9.88 Å². The van der Waals surface area contributed by atoms with Crippen molar-refractivity contribution < 1.29 is 9.18 Å². The molecule has 2 saturated heterocycles. The molecular weight excluding hydrogens is 413 g/mol. The quantitative estimate of drug-likeness (QED) is 0.547. The number of amides is 1. The predicted molar refractivity (Wildman–Crippen MR) is 131 cm³/mol. The van der Waals surface area contributed by atoms with Crippen molar-refractivity contribution in [1.29, 1.82) is 0 Å². The Morgan fingerprint density at radius 3 is 2.42 bits per heavy atom. The lowest BCUT2D eigenvalue weighted by atomic mass is 9.89. The van der Waals surface area contributed by atoms with E-state index in [1.165, 1.54) is 24.8 Å². The van der Waals surface area contributed by atoms with E-state index in [-0.39, 0.29) is 11.7 Å². The maximum Gasteiger partial charge on any atom is 0.255 e. The normalized spacial score (nSPS) is 21.1. The topological polar surface area (TPSA) is 39.3 Å². The van der Waals surface area contributed by atoms with Crippen molar-refractivity contribution in [2.75, 3.05) is 32.7 Å². The van der Waals surface area contributed by atoms with Crippen LogP contribution in [0.15, 0.2) is 54.7 Å². The number of halogens is 1. The fourth-order valence-corrected chi connectivity index (χ4v) is 5.15. The van der Waals surface area contributed by atoms with Gasteiger partial charge in [-0.25, -0.2) is 4.39 Å². The number of aromatic nitrogens is 1. The highest BCUT2D eigenvalue weighted by Gasteiger charge is 2.30. The number of rotatable bonds is 4. The molecule has 6 rings (SSSR count). The van der Waals surface area contributed by atoms with Crippen LogP contribution in [0.5, 0.6) is 0 Å². The predicted octanol–water partition coefficient (Wildman–Crippen LogP) is 5.82. The van der Waals surface area contributed by atoms with E-state index in [4.69, 9.17) is 0 Å². The average Bonchev–Trinajstić information content (AvgIpc) is 3.52. The van der Waals surface area contributed by atoms with Crippen LogP contribution in [0.1, 0.15) is 60.4 Å². The molecule has 33 heavy (non-hydrogen) atoms. The fourth-order valence-electron chi connectivity index (χ4n) is 5.15. The summed E-state index contributed by atoms with van der Waals surface area (Å²) >= 11 is 0. The Bertz CT molecular complexity index is 1060. The van der Waals surface area contributed by atoms with Gasteiger partial charge in [0.1, 0.15) is 5.82 Å². The summed E-state index contributed by atoms with van der Waals surface area (Å²) in [7, 11) is 0. The third-order valence-electron chi connectivity index (χ3n) is 7.19. The molecule has 2 aromatic carbocycles. The number of nitrogens with zero attached hydrogens (tertiary/aromatic N) is 2. The zero-order valence-electron chi connectivity index (χ0n) is 19.3. The van der Waals surface area contributed by atoms with Crippen molar-refractivity contribution in [2.24, 2.45) is 5.92 Å². The van der Waals surface area contributed by atoms with E-state index in [0.29, 0.717) is 11.8 Å². The molecule has 2 aliphatic heterocycles. The second-order valence-corrected chi connectivity index (χ2v) is 9.84. The minimum absolute atomic E-state index is 0.139. The minimum atomic E-state index is -0.163. The molecule has 0 spiro atoms. The van der Waals surface area contributed by atoms with Crippen LogP contribution in [0.25, 0.3) is 10.9 Å². The van der Waals surface area contributed by atoms with Crippen molar-refractivity contribution in [3.63, 3.8) is 0 Å². The van der Waals surface area contributed by atoms with Crippen molar-refractivity contribution in [3.05, 3.63) is 71.7 Å². The Balaban J connectivity index is 0.000000705. The van der Waals surface area contributed by atoms with E-state index in [1.54, 1.807) is 12.1 Å². The Morgan fingerprint density at radius 1 is 0.939 bits per heavy atom. The minimum Gasteiger partial charge on any atom is -0.361 e. The molecule has 1 amide bonds. The summed E-state index contributed by atoms with van der Waals surface area (Å²) in [5.74, 6) is 1.05. The van der Waals surface area contributed by atoms with Crippen molar-refractivity contribution in [2.45, 2.75) is 44.4 Å². The zero-order chi connectivity index (χ0) is 22.6. The van der Waals surface area contributed by atoms with Crippen LogP contribution in [0.2, 0.25) is 0 Å². The molecule has 4 nitrogen and oxygen atoms in total. The molecule has 3 aliphatic rings. The van der Waals surface area contributed by atoms with Crippen LogP contribution in [-0.4, -0.2) is 53.4 Å². The summed E-state index contributed by atoms with van der Waals surface area (Å²) in [6.45, 7) is 4.90. The summed E-state index contributed by atoms with van der Waals surface area (Å²) in [5.41, 5.74) is 2.97. The largest absolute Gasteiger partial charge is 0.361 e. The number of hydrogen-bond donors (Lipinski definition) is 1. The highest BCUT2D eigenvalue weighted by Crippen LogP contribution is 2.30. The molecule has 3 heterocycles. The number of piperidine rings is 1. The van der Waals surface area contributed by atoms with Crippen LogP contribution >= 0.6 is 0 Å². The maximum atomic E-state index is 13.2. The number of hydrogen-bond acceptors (Lipinski definition) is 2. The molecule has 1 unspecified atom stereocenters. The lowest BCUT2D eigenvalue weighted by molar-refractivity contribution is 0.0783. The van der Waals surface area contributed by atoms with Crippen LogP contribution < -0.4 is 0 Å². The van der Waals surface area contributed by atoms with E-state index in [0.717, 1.165) is 68.5 Å². The SMILES string of the molecule is C1CC1.O=C(c1cccc2cc[nH]c12)N1CCC(CN2CCC(c3ccc(F)cc3)CC2)C1. The zero-order valence-corrected chi connectivity index (χ0v) is 19.3. The second kappa shape index (κ2) is 10.1. The number of H-pyrrole nitrogens is 1. The van der Waals surface area contributed by atoms with E-state index >= 15 is 0 Å². The van der Waals surface area contributed by atoms with Gasteiger partial charge in [-0.2, -0.15) is 0 Å². The second-order valence-electron chi connectivity index (χ2n) is 9.84. The van der Waals surface area contributed by atoms with Gasteiger partial charge < -0.3 is 14.8 Å². The third kappa shape index (κ3) is 5.47. The average molecular weight is 448 g/mol. The van der Waals surface area contributed by atoms with E-state index < -0.39 is 0 Å². The van der Waals surface area contributed by atoms with Gasteiger partial charge in [0, 0.05) is 31.2 Å². The molecule has 174 valence electrons. The number of likely N-dealkylation sites (tertiary alicyclic amines) is 2. The fraction of sp³-hybridized carbons (Fsp3) is 0.464. The molecular formula is C28H34FN3O. The molecule has 1 atom stereocenters.